The molecule has 1 atom stereocenters. The smallest absolute Gasteiger partial charge is 0.254 e. The maximum atomic E-state index is 12.4. The van der Waals surface area contributed by atoms with E-state index in [0.29, 0.717) is 5.92 Å². The van der Waals surface area contributed by atoms with E-state index in [2.05, 4.69) is 29.5 Å². The zero-order valence-electron chi connectivity index (χ0n) is 10.6. The molecule has 1 aromatic rings. The Balaban J connectivity index is 2.02. The number of hydrogen-bond acceptors (Lipinski definition) is 2. The van der Waals surface area contributed by atoms with Crippen molar-refractivity contribution in [1.82, 2.24) is 4.90 Å². The summed E-state index contributed by atoms with van der Waals surface area (Å²) in [7, 11) is 0. The number of piperidine rings is 1. The quantitative estimate of drug-likeness (QED) is 0.826. The van der Waals surface area contributed by atoms with Crippen LogP contribution >= 0.6 is 22.6 Å². The monoisotopic (exact) mass is 358 g/mol. The highest BCUT2D eigenvalue weighted by Gasteiger charge is 2.26. The van der Waals surface area contributed by atoms with Gasteiger partial charge in [0, 0.05) is 22.7 Å². The summed E-state index contributed by atoms with van der Waals surface area (Å²) in [6.07, 6.45) is 2.04. The number of nitrogens with zero attached hydrogens (tertiary/aromatic N) is 1. The van der Waals surface area contributed by atoms with Gasteiger partial charge in [0.05, 0.1) is 5.56 Å². The normalized spacial score (nSPS) is 18.7. The number of likely N-dealkylation sites (tertiary alicyclic amines) is 1. The first-order valence-corrected chi connectivity index (χ1v) is 7.47. The van der Waals surface area contributed by atoms with Gasteiger partial charge < -0.3 is 10.6 Å². The average Bonchev–Trinajstić information content (AvgIpc) is 2.38. The highest BCUT2D eigenvalue weighted by atomic mass is 127. The molecular weight excluding hydrogens is 339 g/mol. The van der Waals surface area contributed by atoms with Crippen LogP contribution in [0.25, 0.3) is 0 Å². The number of nitrogens with two attached hydrogens (primary N) is 1. The fraction of sp³-hybridized carbons (Fsp3) is 0.500. The molecule has 18 heavy (non-hydrogen) atoms. The molecule has 1 unspecified atom stereocenters. The lowest BCUT2D eigenvalue weighted by atomic mass is 9.90. The topological polar surface area (TPSA) is 46.3 Å². The van der Waals surface area contributed by atoms with Crippen molar-refractivity contribution < 1.29 is 4.79 Å². The van der Waals surface area contributed by atoms with E-state index in [4.69, 9.17) is 5.73 Å². The number of hydrogen-bond donors (Lipinski definition) is 1. The van der Waals surface area contributed by atoms with Gasteiger partial charge in [0.25, 0.3) is 5.91 Å². The molecule has 0 aromatic heterocycles. The molecule has 1 fully saturated rings. The Morgan fingerprint density at radius 2 is 2.00 bits per heavy atom. The van der Waals surface area contributed by atoms with Crippen LogP contribution in [0.5, 0.6) is 0 Å². The Morgan fingerprint density at radius 1 is 1.39 bits per heavy atom. The number of rotatable bonds is 2. The predicted molar refractivity (Wildman–Crippen MR) is 81.4 cm³/mol. The highest BCUT2D eigenvalue weighted by Crippen LogP contribution is 2.22. The molecule has 1 amide bonds. The minimum Gasteiger partial charge on any atom is -0.339 e. The molecule has 0 bridgehead atoms. The molecule has 1 heterocycles. The van der Waals surface area contributed by atoms with E-state index in [9.17, 15) is 4.79 Å². The highest BCUT2D eigenvalue weighted by molar-refractivity contribution is 14.1. The summed E-state index contributed by atoms with van der Waals surface area (Å²) in [6, 6.07) is 7.99. The van der Waals surface area contributed by atoms with Gasteiger partial charge in [0.1, 0.15) is 0 Å². The average molecular weight is 358 g/mol. The standard InChI is InChI=1S/C14H19IN2O/c1-10(16)11-6-8-17(9-7-11)14(18)12-4-2-3-5-13(12)15/h2-5,10-11H,6-9,16H2,1H3. The summed E-state index contributed by atoms with van der Waals surface area (Å²) in [5.74, 6) is 0.715. The van der Waals surface area contributed by atoms with Crippen molar-refractivity contribution >= 4 is 28.5 Å². The van der Waals surface area contributed by atoms with E-state index in [0.717, 1.165) is 35.1 Å². The van der Waals surface area contributed by atoms with Crippen molar-refractivity contribution in [1.29, 1.82) is 0 Å². The fourth-order valence-corrected chi connectivity index (χ4v) is 3.05. The number of amides is 1. The summed E-state index contributed by atoms with van der Waals surface area (Å²) >= 11 is 2.22. The van der Waals surface area contributed by atoms with E-state index < -0.39 is 0 Å². The molecular formula is C14H19IN2O. The Hall–Kier alpha value is -0.620. The molecule has 1 aliphatic rings. The second-order valence-electron chi connectivity index (χ2n) is 4.97. The third-order valence-electron chi connectivity index (χ3n) is 3.67. The van der Waals surface area contributed by atoms with E-state index in [-0.39, 0.29) is 11.9 Å². The van der Waals surface area contributed by atoms with E-state index in [1.54, 1.807) is 0 Å². The van der Waals surface area contributed by atoms with Gasteiger partial charge in [0.2, 0.25) is 0 Å². The third kappa shape index (κ3) is 3.03. The molecule has 0 saturated carbocycles. The first-order valence-electron chi connectivity index (χ1n) is 6.39. The van der Waals surface area contributed by atoms with Gasteiger partial charge in [-0.05, 0) is 60.4 Å². The summed E-state index contributed by atoms with van der Waals surface area (Å²) in [4.78, 5) is 14.3. The van der Waals surface area contributed by atoms with Crippen LogP contribution in [0.1, 0.15) is 30.1 Å². The van der Waals surface area contributed by atoms with Crippen molar-refractivity contribution in [3.8, 4) is 0 Å². The van der Waals surface area contributed by atoms with Crippen LogP contribution < -0.4 is 5.73 Å². The minimum absolute atomic E-state index is 0.156. The van der Waals surface area contributed by atoms with E-state index in [1.165, 1.54) is 0 Å². The van der Waals surface area contributed by atoms with Crippen LogP contribution in [-0.4, -0.2) is 29.9 Å². The molecule has 1 aromatic carbocycles. The zero-order valence-corrected chi connectivity index (χ0v) is 12.8. The van der Waals surface area contributed by atoms with Crippen LogP contribution in [0.2, 0.25) is 0 Å². The van der Waals surface area contributed by atoms with Crippen molar-refractivity contribution in [2.45, 2.75) is 25.8 Å². The first-order chi connectivity index (χ1) is 8.59. The number of carbonyl (C=O) groups is 1. The van der Waals surface area contributed by atoms with E-state index >= 15 is 0 Å². The fourth-order valence-electron chi connectivity index (χ4n) is 2.43. The Kier molecular flexibility index (Phi) is 4.61. The van der Waals surface area contributed by atoms with E-state index in [1.807, 2.05) is 29.2 Å². The van der Waals surface area contributed by atoms with Gasteiger partial charge in [-0.1, -0.05) is 12.1 Å². The second-order valence-corrected chi connectivity index (χ2v) is 6.13. The number of halogens is 1. The zero-order chi connectivity index (χ0) is 13.1. The molecule has 1 aliphatic heterocycles. The number of carbonyl (C=O) groups excluding carboxylic acids is 1. The van der Waals surface area contributed by atoms with Crippen molar-refractivity contribution in [2.75, 3.05) is 13.1 Å². The summed E-state index contributed by atoms with van der Waals surface area (Å²) in [5.41, 5.74) is 6.74. The molecule has 0 radical (unpaired) electrons. The van der Waals surface area contributed by atoms with Gasteiger partial charge in [-0.15, -0.1) is 0 Å². The van der Waals surface area contributed by atoms with Gasteiger partial charge in [0.15, 0.2) is 0 Å². The van der Waals surface area contributed by atoms with Crippen LogP contribution in [0.4, 0.5) is 0 Å². The first kappa shape index (κ1) is 13.8. The van der Waals surface area contributed by atoms with Gasteiger partial charge in [-0.3, -0.25) is 4.79 Å². The lowest BCUT2D eigenvalue weighted by molar-refractivity contribution is 0.0680. The lowest BCUT2D eigenvalue weighted by Crippen LogP contribution is -2.42. The summed E-state index contributed by atoms with van der Waals surface area (Å²) < 4.78 is 1.02. The van der Waals surface area contributed by atoms with Gasteiger partial charge >= 0.3 is 0 Å². The van der Waals surface area contributed by atoms with Crippen LogP contribution in [-0.2, 0) is 0 Å². The number of benzene rings is 1. The molecule has 2 N–H and O–H groups in total. The molecule has 0 spiro atoms. The second kappa shape index (κ2) is 6.02. The van der Waals surface area contributed by atoms with Crippen LogP contribution in [0, 0.1) is 9.49 Å². The van der Waals surface area contributed by atoms with Crippen molar-refractivity contribution in [3.05, 3.63) is 33.4 Å². The molecule has 0 aliphatic carbocycles. The lowest BCUT2D eigenvalue weighted by Gasteiger charge is -2.33. The Bertz CT molecular complexity index is 426. The van der Waals surface area contributed by atoms with Gasteiger partial charge in [-0.25, -0.2) is 0 Å². The predicted octanol–water partition coefficient (Wildman–Crippen LogP) is 2.49. The largest absolute Gasteiger partial charge is 0.339 e. The van der Waals surface area contributed by atoms with Crippen molar-refractivity contribution in [3.63, 3.8) is 0 Å². The molecule has 98 valence electrons. The Morgan fingerprint density at radius 3 is 2.56 bits per heavy atom. The molecule has 3 nitrogen and oxygen atoms in total. The van der Waals surface area contributed by atoms with Crippen LogP contribution in [0.15, 0.2) is 24.3 Å². The van der Waals surface area contributed by atoms with Crippen LogP contribution in [0.3, 0.4) is 0 Å². The summed E-state index contributed by atoms with van der Waals surface area (Å²) in [5, 5.41) is 0. The minimum atomic E-state index is 0.156. The van der Waals surface area contributed by atoms with Gasteiger partial charge in [-0.2, -0.15) is 0 Å². The maximum Gasteiger partial charge on any atom is 0.254 e. The molecule has 4 heteroatoms. The SMILES string of the molecule is CC(N)C1CCN(C(=O)c2ccccc2I)CC1. The molecule has 1 saturated heterocycles. The third-order valence-corrected chi connectivity index (χ3v) is 4.62. The maximum absolute atomic E-state index is 12.4. The Labute approximate surface area is 122 Å². The summed E-state index contributed by atoms with van der Waals surface area (Å²) in [6.45, 7) is 3.72. The molecule has 2 rings (SSSR count). The van der Waals surface area contributed by atoms with Crippen molar-refractivity contribution in [2.24, 2.45) is 11.7 Å².